The topological polar surface area (TPSA) is 52.6 Å². The van der Waals surface area contributed by atoms with Crippen LogP contribution in [0, 0.1) is 0 Å². The van der Waals surface area contributed by atoms with E-state index in [1.165, 1.54) is 11.8 Å². The van der Waals surface area contributed by atoms with Gasteiger partial charge >= 0.3 is 0 Å². The molecule has 2 amide bonds. The predicted molar refractivity (Wildman–Crippen MR) is 93.0 cm³/mol. The maximum absolute atomic E-state index is 11.8. The van der Waals surface area contributed by atoms with E-state index in [9.17, 15) is 9.59 Å². The van der Waals surface area contributed by atoms with E-state index in [2.05, 4.69) is 22.2 Å². The van der Waals surface area contributed by atoms with Gasteiger partial charge in [0.25, 0.3) is 5.91 Å². The molecule has 1 heterocycles. The molecule has 0 bridgehead atoms. The zero-order chi connectivity index (χ0) is 15.9. The summed E-state index contributed by atoms with van der Waals surface area (Å²) >= 11 is 6.65. The molecule has 2 rings (SSSR count). The maximum atomic E-state index is 11.8. The summed E-state index contributed by atoms with van der Waals surface area (Å²) in [5, 5.41) is 2.38. The molecule has 1 saturated heterocycles. The van der Waals surface area contributed by atoms with Crippen molar-refractivity contribution < 1.29 is 9.59 Å². The lowest BCUT2D eigenvalue weighted by Gasteiger charge is -2.33. The molecule has 5 nitrogen and oxygen atoms in total. The van der Waals surface area contributed by atoms with Crippen molar-refractivity contribution in [2.75, 3.05) is 39.0 Å². The Labute approximate surface area is 140 Å². The molecule has 1 aliphatic rings. The summed E-state index contributed by atoms with van der Waals surface area (Å²) < 4.78 is 0.718. The van der Waals surface area contributed by atoms with Crippen LogP contribution in [0.15, 0.2) is 30.3 Å². The number of amides is 2. The van der Waals surface area contributed by atoms with Crippen molar-refractivity contribution in [3.63, 3.8) is 0 Å². The second kappa shape index (κ2) is 8.26. The Morgan fingerprint density at radius 1 is 1.18 bits per heavy atom. The van der Waals surface area contributed by atoms with E-state index in [-0.39, 0.29) is 17.6 Å². The zero-order valence-corrected chi connectivity index (χ0v) is 14.1. The Bertz CT molecular complexity index is 543. The highest BCUT2D eigenvalue weighted by Crippen LogP contribution is 2.12. The summed E-state index contributed by atoms with van der Waals surface area (Å²) in [5.41, 5.74) is 0.475. The van der Waals surface area contributed by atoms with E-state index in [1.54, 1.807) is 24.3 Å². The Morgan fingerprint density at radius 2 is 1.82 bits per heavy atom. The van der Waals surface area contributed by atoms with Gasteiger partial charge < -0.3 is 9.80 Å². The number of rotatable bonds is 3. The first-order valence-corrected chi connectivity index (χ1v) is 8.45. The lowest BCUT2D eigenvalue weighted by atomic mass is 10.2. The molecule has 0 aliphatic carbocycles. The number of thiocarbonyl (C=S) groups is 1. The van der Waals surface area contributed by atoms with E-state index >= 15 is 0 Å². The molecule has 0 saturated carbocycles. The molecule has 0 atom stereocenters. The first-order chi connectivity index (χ1) is 10.6. The summed E-state index contributed by atoms with van der Waals surface area (Å²) in [4.78, 5) is 28.0. The maximum Gasteiger partial charge on any atom is 0.257 e. The van der Waals surface area contributed by atoms with Gasteiger partial charge in [-0.25, -0.2) is 0 Å². The highest BCUT2D eigenvalue weighted by atomic mass is 32.2. The third-order valence-corrected chi connectivity index (χ3v) is 4.90. The molecule has 0 spiro atoms. The average Bonchev–Trinajstić information content (AvgIpc) is 2.54. The molecule has 1 aliphatic heterocycles. The van der Waals surface area contributed by atoms with Gasteiger partial charge in [0, 0.05) is 31.7 Å². The van der Waals surface area contributed by atoms with Crippen LogP contribution in [-0.2, 0) is 4.79 Å². The van der Waals surface area contributed by atoms with Gasteiger partial charge in [-0.2, -0.15) is 0 Å². The van der Waals surface area contributed by atoms with Crippen molar-refractivity contribution in [3.05, 3.63) is 35.9 Å². The minimum Gasteiger partial charge on any atom is -0.355 e. The first-order valence-electron chi connectivity index (χ1n) is 7.06. The number of nitrogens with one attached hydrogen (secondary N) is 1. The second-order valence-corrected chi connectivity index (χ2v) is 6.70. The number of hydrogen-bond donors (Lipinski definition) is 1. The number of benzene rings is 1. The van der Waals surface area contributed by atoms with E-state index in [0.717, 1.165) is 30.5 Å². The van der Waals surface area contributed by atoms with Crippen molar-refractivity contribution in [1.29, 1.82) is 0 Å². The fourth-order valence-electron chi connectivity index (χ4n) is 2.03. The monoisotopic (exact) mass is 337 g/mol. The van der Waals surface area contributed by atoms with Crippen molar-refractivity contribution in [2.24, 2.45) is 0 Å². The van der Waals surface area contributed by atoms with Crippen molar-refractivity contribution in [2.45, 2.75) is 0 Å². The first kappa shape index (κ1) is 16.9. The highest BCUT2D eigenvalue weighted by Gasteiger charge is 2.18. The van der Waals surface area contributed by atoms with Crippen LogP contribution < -0.4 is 5.32 Å². The van der Waals surface area contributed by atoms with Crippen molar-refractivity contribution in [3.8, 4) is 0 Å². The van der Waals surface area contributed by atoms with Gasteiger partial charge in [0.05, 0.1) is 5.75 Å². The molecular formula is C15H19N3O2S2. The Hall–Kier alpha value is -1.44. The van der Waals surface area contributed by atoms with Crippen LogP contribution in [0.4, 0.5) is 0 Å². The van der Waals surface area contributed by atoms with E-state index < -0.39 is 0 Å². The lowest BCUT2D eigenvalue weighted by Crippen LogP contribution is -2.46. The summed E-state index contributed by atoms with van der Waals surface area (Å²) in [7, 11) is 2.08. The lowest BCUT2D eigenvalue weighted by molar-refractivity contribution is -0.117. The third kappa shape index (κ3) is 5.08. The third-order valence-electron chi connectivity index (χ3n) is 3.38. The quantitative estimate of drug-likeness (QED) is 0.837. The average molecular weight is 337 g/mol. The van der Waals surface area contributed by atoms with Crippen LogP contribution in [-0.4, -0.2) is 64.9 Å². The number of imide groups is 1. The summed E-state index contributed by atoms with van der Waals surface area (Å²) in [6.45, 7) is 3.71. The van der Waals surface area contributed by atoms with E-state index in [0.29, 0.717) is 5.56 Å². The molecule has 118 valence electrons. The highest BCUT2D eigenvalue weighted by molar-refractivity contribution is 8.23. The molecule has 1 aromatic carbocycles. The van der Waals surface area contributed by atoms with Gasteiger partial charge in [0.2, 0.25) is 5.91 Å². The number of piperazine rings is 1. The van der Waals surface area contributed by atoms with Gasteiger partial charge in [-0.05, 0) is 19.2 Å². The van der Waals surface area contributed by atoms with Crippen LogP contribution in [0.1, 0.15) is 10.4 Å². The fraction of sp³-hybridized carbons (Fsp3) is 0.400. The molecule has 1 N–H and O–H groups in total. The molecule has 0 radical (unpaired) electrons. The Balaban J connectivity index is 1.73. The summed E-state index contributed by atoms with van der Waals surface area (Å²) in [6, 6.07) is 8.69. The van der Waals surface area contributed by atoms with Gasteiger partial charge in [-0.15, -0.1) is 0 Å². The van der Waals surface area contributed by atoms with Crippen LogP contribution in [0.5, 0.6) is 0 Å². The second-order valence-electron chi connectivity index (χ2n) is 5.09. The number of carbonyl (C=O) groups excluding carboxylic acids is 2. The minimum atomic E-state index is -0.378. The number of likely N-dealkylation sites (N-methyl/N-ethyl adjacent to an activating group) is 1. The summed E-state index contributed by atoms with van der Waals surface area (Å²) in [5.74, 6) is -0.545. The molecular weight excluding hydrogens is 318 g/mol. The minimum absolute atomic E-state index is 0.156. The molecule has 1 aromatic rings. The van der Waals surface area contributed by atoms with Crippen LogP contribution in [0.25, 0.3) is 0 Å². The van der Waals surface area contributed by atoms with Gasteiger partial charge in [0.1, 0.15) is 4.32 Å². The van der Waals surface area contributed by atoms with Gasteiger partial charge in [-0.3, -0.25) is 14.9 Å². The normalized spacial score (nSPS) is 15.4. The number of carbonyl (C=O) groups is 2. The van der Waals surface area contributed by atoms with Gasteiger partial charge in [0.15, 0.2) is 0 Å². The SMILES string of the molecule is CN1CCN(C(=S)SCC(=O)NC(=O)c2ccccc2)CC1. The molecule has 22 heavy (non-hydrogen) atoms. The van der Waals surface area contributed by atoms with Gasteiger partial charge in [-0.1, -0.05) is 42.2 Å². The van der Waals surface area contributed by atoms with Crippen molar-refractivity contribution in [1.82, 2.24) is 15.1 Å². The van der Waals surface area contributed by atoms with E-state index in [4.69, 9.17) is 12.2 Å². The molecule has 0 unspecified atom stereocenters. The van der Waals surface area contributed by atoms with Crippen LogP contribution in [0.3, 0.4) is 0 Å². The Morgan fingerprint density at radius 3 is 2.45 bits per heavy atom. The largest absolute Gasteiger partial charge is 0.355 e. The van der Waals surface area contributed by atoms with E-state index in [1.807, 2.05) is 6.07 Å². The standard InChI is InChI=1S/C15H19N3O2S2/c1-17-7-9-18(10-8-17)15(21)22-11-13(19)16-14(20)12-5-3-2-4-6-12/h2-6H,7-11H2,1H3,(H,16,19,20). The number of hydrogen-bond acceptors (Lipinski definition) is 5. The molecule has 7 heteroatoms. The molecule has 1 fully saturated rings. The summed E-state index contributed by atoms with van der Waals surface area (Å²) in [6.07, 6.45) is 0. The zero-order valence-electron chi connectivity index (χ0n) is 12.4. The van der Waals surface area contributed by atoms with Crippen LogP contribution in [0.2, 0.25) is 0 Å². The fourth-order valence-corrected chi connectivity index (χ4v) is 3.08. The van der Waals surface area contributed by atoms with Crippen LogP contribution >= 0.6 is 24.0 Å². The van der Waals surface area contributed by atoms with Crippen molar-refractivity contribution >= 4 is 40.1 Å². The number of thioether (sulfide) groups is 1. The Kier molecular flexibility index (Phi) is 6.35. The smallest absolute Gasteiger partial charge is 0.257 e. The number of nitrogens with zero attached hydrogens (tertiary/aromatic N) is 2. The molecule has 0 aromatic heterocycles. The predicted octanol–water partition coefficient (Wildman–Crippen LogP) is 1.21.